The van der Waals surface area contributed by atoms with Crippen molar-refractivity contribution in [3.8, 4) is 0 Å². The largest absolute Gasteiger partial charge is 0.480 e. The highest BCUT2D eigenvalue weighted by atomic mass is 32.2. The fraction of sp³-hybridized carbons (Fsp3) is 0.357. The van der Waals surface area contributed by atoms with Gasteiger partial charge in [-0.15, -0.1) is 0 Å². The van der Waals surface area contributed by atoms with Crippen LogP contribution in [0.25, 0.3) is 0 Å². The first kappa shape index (κ1) is 18.8. The maximum absolute atomic E-state index is 11.9. The zero-order chi connectivity index (χ0) is 17.4. The normalized spacial score (nSPS) is 13.1. The van der Waals surface area contributed by atoms with E-state index >= 15 is 0 Å². The standard InChI is InChI=1S/C14H18N2O6S/c15-11(14(20)21)5-6-23(22)8-9-1-3-10(4-2-9)13(19)16-7-12(17)18/h1-4,11H,5-8,15H2,(H,16,19)(H,17,18)(H,20,21)/t11-,23?/m0/s1. The smallest absolute Gasteiger partial charge is 0.322 e. The second-order valence-electron chi connectivity index (χ2n) is 4.80. The van der Waals surface area contributed by atoms with Gasteiger partial charge in [0.25, 0.3) is 5.91 Å². The number of nitrogens with one attached hydrogen (secondary N) is 1. The highest BCUT2D eigenvalue weighted by Crippen LogP contribution is 2.08. The van der Waals surface area contributed by atoms with Crippen molar-refractivity contribution in [2.45, 2.75) is 18.2 Å². The Balaban J connectivity index is 2.50. The molecule has 0 spiro atoms. The van der Waals surface area contributed by atoms with Crippen molar-refractivity contribution in [1.82, 2.24) is 5.32 Å². The van der Waals surface area contributed by atoms with Gasteiger partial charge in [-0.2, -0.15) is 0 Å². The third kappa shape index (κ3) is 7.02. The summed E-state index contributed by atoms with van der Waals surface area (Å²) >= 11 is 0. The molecular weight excluding hydrogens is 324 g/mol. The van der Waals surface area contributed by atoms with E-state index in [-0.39, 0.29) is 17.9 Å². The summed E-state index contributed by atoms with van der Waals surface area (Å²) < 4.78 is 11.9. The Morgan fingerprint density at radius 3 is 2.30 bits per heavy atom. The summed E-state index contributed by atoms with van der Waals surface area (Å²) in [5.41, 5.74) is 6.36. The van der Waals surface area contributed by atoms with Gasteiger partial charge < -0.3 is 21.3 Å². The van der Waals surface area contributed by atoms with Crippen LogP contribution in [-0.4, -0.2) is 50.6 Å². The van der Waals surface area contributed by atoms with Crippen LogP contribution in [-0.2, 0) is 26.1 Å². The number of hydrogen-bond donors (Lipinski definition) is 4. The van der Waals surface area contributed by atoms with E-state index in [2.05, 4.69) is 5.32 Å². The molecule has 23 heavy (non-hydrogen) atoms. The van der Waals surface area contributed by atoms with Gasteiger partial charge in [-0.05, 0) is 24.1 Å². The molecule has 1 aromatic carbocycles. The van der Waals surface area contributed by atoms with Crippen LogP contribution >= 0.6 is 0 Å². The number of carboxylic acids is 2. The lowest BCUT2D eigenvalue weighted by Gasteiger charge is -2.07. The summed E-state index contributed by atoms with van der Waals surface area (Å²) in [6.07, 6.45) is 0.123. The molecule has 1 aromatic rings. The van der Waals surface area contributed by atoms with Crippen LogP contribution in [0.2, 0.25) is 0 Å². The second kappa shape index (κ2) is 9.01. The van der Waals surface area contributed by atoms with E-state index in [0.29, 0.717) is 5.56 Å². The molecule has 0 aliphatic carbocycles. The Labute approximate surface area is 135 Å². The minimum atomic E-state index is -1.26. The minimum Gasteiger partial charge on any atom is -0.480 e. The molecule has 0 aromatic heterocycles. The number of nitrogens with two attached hydrogens (primary N) is 1. The van der Waals surface area contributed by atoms with Crippen LogP contribution in [0.3, 0.4) is 0 Å². The molecular formula is C14H18N2O6S. The zero-order valence-corrected chi connectivity index (χ0v) is 13.0. The molecule has 0 fully saturated rings. The van der Waals surface area contributed by atoms with Crippen molar-refractivity contribution in [3.05, 3.63) is 35.4 Å². The Kier molecular flexibility index (Phi) is 7.36. The third-order valence-electron chi connectivity index (χ3n) is 2.92. The molecule has 1 rings (SSSR count). The molecule has 0 bridgehead atoms. The van der Waals surface area contributed by atoms with Crippen LogP contribution in [0, 0.1) is 0 Å². The molecule has 9 heteroatoms. The lowest BCUT2D eigenvalue weighted by molar-refractivity contribution is -0.138. The number of benzene rings is 1. The first-order chi connectivity index (χ1) is 10.8. The van der Waals surface area contributed by atoms with Crippen LogP contribution in [0.15, 0.2) is 24.3 Å². The monoisotopic (exact) mass is 342 g/mol. The van der Waals surface area contributed by atoms with Gasteiger partial charge in [0.2, 0.25) is 0 Å². The van der Waals surface area contributed by atoms with Gasteiger partial charge in [-0.1, -0.05) is 12.1 Å². The molecule has 0 aliphatic heterocycles. The van der Waals surface area contributed by atoms with Crippen molar-refractivity contribution >= 4 is 28.6 Å². The molecule has 0 saturated carbocycles. The molecule has 2 atom stereocenters. The maximum Gasteiger partial charge on any atom is 0.322 e. The van der Waals surface area contributed by atoms with Crippen molar-refractivity contribution in [3.63, 3.8) is 0 Å². The molecule has 0 saturated heterocycles. The van der Waals surface area contributed by atoms with Gasteiger partial charge in [0, 0.05) is 27.9 Å². The van der Waals surface area contributed by atoms with Crippen LogP contribution in [0.5, 0.6) is 0 Å². The number of hydrogen-bond acceptors (Lipinski definition) is 5. The molecule has 1 amide bonds. The van der Waals surface area contributed by atoms with Gasteiger partial charge in [0.1, 0.15) is 12.6 Å². The number of carbonyl (C=O) groups is 3. The van der Waals surface area contributed by atoms with E-state index in [4.69, 9.17) is 15.9 Å². The molecule has 0 aliphatic rings. The van der Waals surface area contributed by atoms with E-state index in [1.807, 2.05) is 0 Å². The van der Waals surface area contributed by atoms with Crippen LogP contribution in [0.1, 0.15) is 22.3 Å². The van der Waals surface area contributed by atoms with Gasteiger partial charge in [0.15, 0.2) is 0 Å². The SMILES string of the molecule is N[C@@H](CCS(=O)Cc1ccc(C(=O)NCC(=O)O)cc1)C(=O)O. The van der Waals surface area contributed by atoms with E-state index in [1.165, 1.54) is 12.1 Å². The molecule has 126 valence electrons. The Morgan fingerprint density at radius 1 is 1.17 bits per heavy atom. The molecule has 0 heterocycles. The fourth-order valence-electron chi connectivity index (χ4n) is 1.65. The topological polar surface area (TPSA) is 147 Å². The van der Waals surface area contributed by atoms with E-state index in [1.54, 1.807) is 12.1 Å². The lowest BCUT2D eigenvalue weighted by atomic mass is 10.1. The summed E-state index contributed by atoms with van der Waals surface area (Å²) in [7, 11) is -1.26. The maximum atomic E-state index is 11.9. The Hall–Kier alpha value is -2.26. The second-order valence-corrected chi connectivity index (χ2v) is 6.37. The van der Waals surface area contributed by atoms with Gasteiger partial charge in [-0.25, -0.2) is 0 Å². The fourth-order valence-corrected chi connectivity index (χ4v) is 2.88. The van der Waals surface area contributed by atoms with E-state index in [9.17, 15) is 18.6 Å². The summed E-state index contributed by atoms with van der Waals surface area (Å²) in [5.74, 6) is -2.37. The predicted octanol–water partition coefficient (Wildman–Crippen LogP) is -0.448. The summed E-state index contributed by atoms with van der Waals surface area (Å²) in [5, 5.41) is 19.4. The van der Waals surface area contributed by atoms with Crippen molar-refractivity contribution in [1.29, 1.82) is 0 Å². The minimum absolute atomic E-state index is 0.123. The predicted molar refractivity (Wildman–Crippen MR) is 83.4 cm³/mol. The van der Waals surface area contributed by atoms with Crippen molar-refractivity contribution < 1.29 is 28.8 Å². The first-order valence-electron chi connectivity index (χ1n) is 6.72. The lowest BCUT2D eigenvalue weighted by Crippen LogP contribution is -2.31. The molecule has 1 unspecified atom stereocenters. The first-order valence-corrected chi connectivity index (χ1v) is 8.20. The summed E-state index contributed by atoms with van der Waals surface area (Å²) in [6.45, 7) is -0.464. The number of carboxylic acid groups (broad SMARTS) is 2. The van der Waals surface area contributed by atoms with Crippen LogP contribution < -0.4 is 11.1 Å². The number of aliphatic carboxylic acids is 2. The quantitative estimate of drug-likeness (QED) is 0.475. The van der Waals surface area contributed by atoms with Gasteiger partial charge in [0.05, 0.1) is 0 Å². The summed E-state index contributed by atoms with van der Waals surface area (Å²) in [4.78, 5) is 32.6. The molecule has 8 nitrogen and oxygen atoms in total. The Bertz CT molecular complexity index is 602. The Morgan fingerprint density at radius 2 is 1.78 bits per heavy atom. The molecule has 5 N–H and O–H groups in total. The van der Waals surface area contributed by atoms with Gasteiger partial charge >= 0.3 is 11.9 Å². The van der Waals surface area contributed by atoms with E-state index in [0.717, 1.165) is 5.56 Å². The number of amides is 1. The number of carbonyl (C=O) groups excluding carboxylic acids is 1. The summed E-state index contributed by atoms with van der Waals surface area (Å²) in [6, 6.07) is 5.22. The average Bonchev–Trinajstić information content (AvgIpc) is 2.50. The number of rotatable bonds is 9. The van der Waals surface area contributed by atoms with Crippen molar-refractivity contribution in [2.75, 3.05) is 12.3 Å². The van der Waals surface area contributed by atoms with E-state index < -0.39 is 41.2 Å². The van der Waals surface area contributed by atoms with Crippen molar-refractivity contribution in [2.24, 2.45) is 5.73 Å². The van der Waals surface area contributed by atoms with Gasteiger partial charge in [-0.3, -0.25) is 18.6 Å². The van der Waals surface area contributed by atoms with Crippen LogP contribution in [0.4, 0.5) is 0 Å². The average molecular weight is 342 g/mol. The molecule has 0 radical (unpaired) electrons. The highest BCUT2D eigenvalue weighted by Gasteiger charge is 2.13. The third-order valence-corrected chi connectivity index (χ3v) is 4.26. The highest BCUT2D eigenvalue weighted by molar-refractivity contribution is 7.84. The zero-order valence-electron chi connectivity index (χ0n) is 12.2.